The van der Waals surface area contributed by atoms with Crippen LogP contribution in [0.1, 0.15) is 18.1 Å². The molecule has 1 heterocycles. The molecule has 8 heteroatoms. The Kier molecular flexibility index (Phi) is 7.46. The Morgan fingerprint density at radius 3 is 1.52 bits per heavy atom. The topological polar surface area (TPSA) is 40.0 Å². The first kappa shape index (κ1) is 22.6. The molecule has 0 radical (unpaired) electrons. The van der Waals surface area contributed by atoms with Crippen LogP contribution in [0.4, 0.5) is 17.6 Å². The summed E-state index contributed by atoms with van der Waals surface area (Å²) in [5, 5.41) is 0. The summed E-state index contributed by atoms with van der Waals surface area (Å²) in [5.74, 6) is -0.00131. The van der Waals surface area contributed by atoms with Crippen molar-refractivity contribution in [3.8, 4) is 11.5 Å². The third kappa shape index (κ3) is 6.42. The van der Waals surface area contributed by atoms with Crippen molar-refractivity contribution >= 4 is 17.9 Å². The zero-order chi connectivity index (χ0) is 22.4. The molecule has 1 fully saturated rings. The van der Waals surface area contributed by atoms with Crippen LogP contribution in [0.25, 0.3) is 12.2 Å². The van der Waals surface area contributed by atoms with Crippen molar-refractivity contribution in [2.75, 3.05) is 19.6 Å². The predicted molar refractivity (Wildman–Crippen MR) is 108 cm³/mol. The monoisotopic (exact) mass is 436 g/mol. The zero-order valence-corrected chi connectivity index (χ0v) is 16.8. The minimum absolute atomic E-state index is 0.0489. The van der Waals surface area contributed by atoms with Gasteiger partial charge in [0.15, 0.2) is 5.78 Å². The van der Waals surface area contributed by atoms with E-state index < -0.39 is 13.2 Å². The van der Waals surface area contributed by atoms with Crippen molar-refractivity contribution in [2.45, 2.75) is 20.1 Å². The molecule has 1 N–H and O–H groups in total. The van der Waals surface area contributed by atoms with E-state index in [2.05, 4.69) is 9.47 Å². The number of nitrogens with one attached hydrogen (secondary N) is 1. The minimum Gasteiger partial charge on any atom is -0.435 e. The fourth-order valence-electron chi connectivity index (χ4n) is 3.34. The number of carbonyl (C=O) groups is 1. The summed E-state index contributed by atoms with van der Waals surface area (Å²) in [4.78, 5) is 14.2. The lowest BCUT2D eigenvalue weighted by Crippen LogP contribution is -3.13. The van der Waals surface area contributed by atoms with E-state index in [9.17, 15) is 22.4 Å². The van der Waals surface area contributed by atoms with E-state index in [1.807, 2.05) is 6.92 Å². The summed E-state index contributed by atoms with van der Waals surface area (Å²) < 4.78 is 57.9. The highest BCUT2D eigenvalue weighted by Gasteiger charge is 2.28. The lowest BCUT2D eigenvalue weighted by Gasteiger charge is -2.25. The van der Waals surface area contributed by atoms with E-state index in [1.165, 1.54) is 29.2 Å². The van der Waals surface area contributed by atoms with Crippen LogP contribution in [-0.4, -0.2) is 38.6 Å². The van der Waals surface area contributed by atoms with Crippen LogP contribution in [0.3, 0.4) is 0 Å². The first-order valence-electron chi connectivity index (χ1n) is 9.73. The van der Waals surface area contributed by atoms with Crippen LogP contribution >= 0.6 is 0 Å². The Bertz CT molecular complexity index is 878. The highest BCUT2D eigenvalue weighted by atomic mass is 19.3. The van der Waals surface area contributed by atoms with Crippen LogP contribution in [0.2, 0.25) is 0 Å². The van der Waals surface area contributed by atoms with Crippen LogP contribution in [0.15, 0.2) is 59.7 Å². The molecule has 1 aliphatic rings. The molecule has 2 aromatic carbocycles. The van der Waals surface area contributed by atoms with E-state index in [0.29, 0.717) is 35.4 Å². The van der Waals surface area contributed by atoms with Crippen molar-refractivity contribution in [1.29, 1.82) is 0 Å². The van der Waals surface area contributed by atoms with Crippen molar-refractivity contribution in [3.05, 3.63) is 70.8 Å². The number of Topliss-reactive ketones (excluding diaryl/α,β-unsaturated/α-hetero) is 1. The Hall–Kier alpha value is -3.13. The van der Waals surface area contributed by atoms with Gasteiger partial charge in [-0.1, -0.05) is 24.3 Å². The van der Waals surface area contributed by atoms with Crippen molar-refractivity contribution in [2.24, 2.45) is 0 Å². The zero-order valence-electron chi connectivity index (χ0n) is 16.8. The number of benzene rings is 2. The molecular formula is C23H22F4NO3+. The second-order valence-corrected chi connectivity index (χ2v) is 7.02. The Balaban J connectivity index is 1.82. The van der Waals surface area contributed by atoms with Gasteiger partial charge in [-0.05, 0) is 54.5 Å². The molecule has 0 amide bonds. The molecule has 0 aliphatic carbocycles. The SMILES string of the molecule is CC[NH+]1C/C(=C/c2ccc(OC(F)F)cc2)C(=O)/C(=C/c2ccc(OC(F)F)cc2)C1. The predicted octanol–water partition coefficient (Wildman–Crippen LogP) is 3.84. The summed E-state index contributed by atoms with van der Waals surface area (Å²) in [7, 11) is 0. The highest BCUT2D eigenvalue weighted by Crippen LogP contribution is 2.21. The van der Waals surface area contributed by atoms with E-state index in [4.69, 9.17) is 0 Å². The number of carbonyl (C=O) groups excluding carboxylic acids is 1. The third-order valence-electron chi connectivity index (χ3n) is 4.86. The van der Waals surface area contributed by atoms with Crippen LogP contribution in [0.5, 0.6) is 11.5 Å². The minimum atomic E-state index is -2.89. The third-order valence-corrected chi connectivity index (χ3v) is 4.86. The van der Waals surface area contributed by atoms with E-state index >= 15 is 0 Å². The van der Waals surface area contributed by atoms with Gasteiger partial charge in [0.25, 0.3) is 0 Å². The first-order valence-corrected chi connectivity index (χ1v) is 9.73. The molecular weight excluding hydrogens is 414 g/mol. The van der Waals surface area contributed by atoms with Gasteiger partial charge in [0.1, 0.15) is 24.6 Å². The number of quaternary nitrogens is 1. The Labute approximate surface area is 177 Å². The van der Waals surface area contributed by atoms with Crippen LogP contribution in [-0.2, 0) is 4.79 Å². The number of piperidine rings is 1. The summed E-state index contributed by atoms with van der Waals surface area (Å²) in [6.45, 7) is -1.87. The van der Waals surface area contributed by atoms with Gasteiger partial charge in [-0.25, -0.2) is 0 Å². The van der Waals surface area contributed by atoms with Gasteiger partial charge in [0, 0.05) is 0 Å². The number of ketones is 1. The standard InChI is InChI=1S/C23H21F4NO3/c1-2-28-13-17(11-15-3-7-19(8-4-15)30-22(24)25)21(29)18(14-28)12-16-5-9-20(10-6-16)31-23(26)27/h3-12,22-23H,2,13-14H2,1H3/p+1/b17-11-,18-12+. The van der Waals surface area contributed by atoms with E-state index in [1.54, 1.807) is 36.4 Å². The number of hydrogen-bond acceptors (Lipinski definition) is 3. The highest BCUT2D eigenvalue weighted by molar-refractivity contribution is 6.14. The van der Waals surface area contributed by atoms with Gasteiger partial charge in [-0.3, -0.25) is 4.79 Å². The number of alkyl halides is 4. The average Bonchev–Trinajstić information content (AvgIpc) is 2.73. The maximum atomic E-state index is 13.0. The molecule has 0 aromatic heterocycles. The molecule has 1 saturated heterocycles. The van der Waals surface area contributed by atoms with Gasteiger partial charge in [0.05, 0.1) is 17.7 Å². The number of likely N-dealkylation sites (tertiary alicyclic amines) is 1. The summed E-state index contributed by atoms with van der Waals surface area (Å²) >= 11 is 0. The lowest BCUT2D eigenvalue weighted by atomic mass is 9.94. The largest absolute Gasteiger partial charge is 0.435 e. The molecule has 1 unspecified atom stereocenters. The summed E-state index contributed by atoms with van der Waals surface area (Å²) in [6, 6.07) is 12.2. The van der Waals surface area contributed by atoms with Crippen molar-refractivity contribution < 1.29 is 36.7 Å². The van der Waals surface area contributed by atoms with Crippen LogP contribution in [0, 0.1) is 0 Å². The summed E-state index contributed by atoms with van der Waals surface area (Å²) in [6.07, 6.45) is 3.49. The van der Waals surface area contributed by atoms with Gasteiger partial charge in [0.2, 0.25) is 0 Å². The molecule has 1 atom stereocenters. The first-order chi connectivity index (χ1) is 14.8. The number of halogens is 4. The number of hydrogen-bond donors (Lipinski definition) is 1. The maximum Gasteiger partial charge on any atom is 0.387 e. The maximum absolute atomic E-state index is 13.0. The normalized spacial score (nSPS) is 19.5. The Morgan fingerprint density at radius 1 is 0.806 bits per heavy atom. The van der Waals surface area contributed by atoms with E-state index in [0.717, 1.165) is 6.54 Å². The molecule has 2 aromatic rings. The average molecular weight is 436 g/mol. The number of likely N-dealkylation sites (N-methyl/N-ethyl adjacent to an activating group) is 1. The van der Waals surface area contributed by atoms with Crippen LogP contribution < -0.4 is 14.4 Å². The second kappa shape index (κ2) is 10.3. The number of ether oxygens (including phenoxy) is 2. The molecule has 1 aliphatic heterocycles. The molecule has 0 saturated carbocycles. The lowest BCUT2D eigenvalue weighted by molar-refractivity contribution is -0.889. The van der Waals surface area contributed by atoms with Crippen molar-refractivity contribution in [1.82, 2.24) is 0 Å². The van der Waals surface area contributed by atoms with Gasteiger partial charge >= 0.3 is 13.2 Å². The molecule has 3 rings (SSSR count). The molecule has 4 nitrogen and oxygen atoms in total. The quantitative estimate of drug-likeness (QED) is 0.530. The second-order valence-electron chi connectivity index (χ2n) is 7.02. The van der Waals surface area contributed by atoms with Gasteiger partial charge < -0.3 is 14.4 Å². The number of rotatable bonds is 7. The van der Waals surface area contributed by atoms with Crippen molar-refractivity contribution in [3.63, 3.8) is 0 Å². The van der Waals surface area contributed by atoms with E-state index in [-0.39, 0.29) is 17.3 Å². The van der Waals surface area contributed by atoms with Gasteiger partial charge in [-0.2, -0.15) is 17.6 Å². The fraction of sp³-hybridized carbons (Fsp3) is 0.261. The summed E-state index contributed by atoms with van der Waals surface area (Å²) in [5.41, 5.74) is 2.62. The fourth-order valence-corrected chi connectivity index (χ4v) is 3.34. The Morgan fingerprint density at radius 2 is 1.19 bits per heavy atom. The molecule has 164 valence electrons. The van der Waals surface area contributed by atoms with Gasteiger partial charge in [-0.15, -0.1) is 0 Å². The molecule has 0 spiro atoms. The molecule has 31 heavy (non-hydrogen) atoms. The molecule has 0 bridgehead atoms. The smallest absolute Gasteiger partial charge is 0.387 e.